The van der Waals surface area contributed by atoms with Crippen LogP contribution in [0.25, 0.3) is 5.69 Å². The van der Waals surface area contributed by atoms with Crippen LogP contribution in [0.1, 0.15) is 53.7 Å². The number of halogens is 3. The molecule has 0 radical (unpaired) electrons. The molecule has 1 aliphatic carbocycles. The van der Waals surface area contributed by atoms with Crippen LogP contribution in [0, 0.1) is 12.8 Å². The van der Waals surface area contributed by atoms with Crippen molar-refractivity contribution >= 4 is 5.91 Å². The number of rotatable bonds is 4. The average molecular weight is 392 g/mol. The summed E-state index contributed by atoms with van der Waals surface area (Å²) in [5, 5.41) is 2.81. The van der Waals surface area contributed by atoms with E-state index >= 15 is 0 Å². The Morgan fingerprint density at radius 2 is 1.86 bits per heavy atom. The van der Waals surface area contributed by atoms with Crippen molar-refractivity contribution in [1.29, 1.82) is 0 Å². The van der Waals surface area contributed by atoms with Crippen LogP contribution in [-0.2, 0) is 6.18 Å². The van der Waals surface area contributed by atoms with Gasteiger partial charge < -0.3 is 5.32 Å². The first kappa shape index (κ1) is 20.2. The first-order chi connectivity index (χ1) is 13.3. The van der Waals surface area contributed by atoms with Crippen LogP contribution in [0.2, 0.25) is 0 Å². The van der Waals surface area contributed by atoms with E-state index in [1.54, 1.807) is 13.0 Å². The molecule has 7 heteroatoms. The summed E-state index contributed by atoms with van der Waals surface area (Å²) >= 11 is 0. The van der Waals surface area contributed by atoms with Crippen LogP contribution in [0.4, 0.5) is 13.2 Å². The first-order valence-electron chi connectivity index (χ1n) is 9.46. The van der Waals surface area contributed by atoms with E-state index in [0.29, 0.717) is 18.2 Å². The number of carbonyl (C=O) groups excluding carboxylic acids is 1. The van der Waals surface area contributed by atoms with Crippen molar-refractivity contribution in [3.8, 4) is 5.69 Å². The zero-order valence-corrected chi connectivity index (χ0v) is 15.7. The van der Waals surface area contributed by atoms with E-state index in [1.165, 1.54) is 24.6 Å². The topological polar surface area (TPSA) is 51.1 Å². The van der Waals surface area contributed by atoms with Gasteiger partial charge in [-0.05, 0) is 56.0 Å². The molecule has 1 aliphatic rings. The zero-order valence-electron chi connectivity index (χ0n) is 15.7. The number of nitrogens with zero attached hydrogens (tertiary/aromatic N) is 1. The summed E-state index contributed by atoms with van der Waals surface area (Å²) in [4.78, 5) is 25.4. The molecule has 1 aromatic carbocycles. The van der Waals surface area contributed by atoms with Crippen LogP contribution >= 0.6 is 0 Å². The highest BCUT2D eigenvalue weighted by atomic mass is 19.4. The number of hydrogen-bond donors (Lipinski definition) is 1. The van der Waals surface area contributed by atoms with Gasteiger partial charge in [0.2, 0.25) is 0 Å². The lowest BCUT2D eigenvalue weighted by Crippen LogP contribution is -2.36. The fourth-order valence-corrected chi connectivity index (χ4v) is 3.67. The van der Waals surface area contributed by atoms with E-state index in [9.17, 15) is 22.8 Å². The Hall–Kier alpha value is -2.57. The maximum Gasteiger partial charge on any atom is 0.416 e. The van der Waals surface area contributed by atoms with Crippen molar-refractivity contribution in [2.75, 3.05) is 6.54 Å². The second-order valence-corrected chi connectivity index (χ2v) is 7.29. The van der Waals surface area contributed by atoms with E-state index in [-0.39, 0.29) is 11.3 Å². The molecule has 0 aliphatic heterocycles. The van der Waals surface area contributed by atoms with E-state index in [4.69, 9.17) is 0 Å². The van der Waals surface area contributed by atoms with Gasteiger partial charge in [-0.2, -0.15) is 13.2 Å². The molecule has 0 unspecified atom stereocenters. The largest absolute Gasteiger partial charge is 0.416 e. The molecule has 1 aromatic heterocycles. The summed E-state index contributed by atoms with van der Waals surface area (Å²) in [5.74, 6) is -0.0786. The molecule has 1 amide bonds. The Morgan fingerprint density at radius 3 is 2.54 bits per heavy atom. The minimum Gasteiger partial charge on any atom is -0.352 e. The van der Waals surface area contributed by atoms with Gasteiger partial charge in [0, 0.05) is 17.9 Å². The molecular weight excluding hydrogens is 369 g/mol. The SMILES string of the molecule is Cc1ccc(C(=O)NCC2CCCCC2)c(=O)n1-c1cccc(C(F)(F)F)c1. The molecule has 3 rings (SSSR count). The summed E-state index contributed by atoms with van der Waals surface area (Å²) in [5.41, 5.74) is -1.00. The predicted octanol–water partition coefficient (Wildman–Crippen LogP) is 4.47. The molecule has 150 valence electrons. The quantitative estimate of drug-likeness (QED) is 0.834. The first-order valence-corrected chi connectivity index (χ1v) is 9.46. The van der Waals surface area contributed by atoms with Crippen molar-refractivity contribution in [2.45, 2.75) is 45.2 Å². The van der Waals surface area contributed by atoms with E-state index in [1.807, 2.05) is 0 Å². The van der Waals surface area contributed by atoms with Gasteiger partial charge in [0.15, 0.2) is 0 Å². The molecule has 1 saturated carbocycles. The lowest BCUT2D eigenvalue weighted by atomic mass is 9.89. The highest BCUT2D eigenvalue weighted by Crippen LogP contribution is 2.30. The van der Waals surface area contributed by atoms with Crippen molar-refractivity contribution in [2.24, 2.45) is 5.92 Å². The molecule has 1 heterocycles. The summed E-state index contributed by atoms with van der Waals surface area (Å²) in [6.07, 6.45) is 1.11. The lowest BCUT2D eigenvalue weighted by molar-refractivity contribution is -0.137. The van der Waals surface area contributed by atoms with Crippen LogP contribution in [0.5, 0.6) is 0 Å². The van der Waals surface area contributed by atoms with Gasteiger partial charge >= 0.3 is 6.18 Å². The van der Waals surface area contributed by atoms with E-state index < -0.39 is 23.2 Å². The van der Waals surface area contributed by atoms with Crippen molar-refractivity contribution < 1.29 is 18.0 Å². The van der Waals surface area contributed by atoms with Crippen molar-refractivity contribution in [3.63, 3.8) is 0 Å². The number of amides is 1. The van der Waals surface area contributed by atoms with Crippen molar-refractivity contribution in [3.05, 3.63) is 63.6 Å². The number of pyridine rings is 1. The van der Waals surface area contributed by atoms with Gasteiger partial charge in [-0.3, -0.25) is 14.2 Å². The molecule has 4 nitrogen and oxygen atoms in total. The molecular formula is C21H23F3N2O2. The molecule has 0 saturated heterocycles. The summed E-state index contributed by atoms with van der Waals surface area (Å²) in [7, 11) is 0. The molecule has 28 heavy (non-hydrogen) atoms. The van der Waals surface area contributed by atoms with Gasteiger partial charge in [0.05, 0.1) is 5.56 Å². The Bertz CT molecular complexity index is 913. The number of carbonyl (C=O) groups is 1. The van der Waals surface area contributed by atoms with Gasteiger partial charge in [-0.1, -0.05) is 25.3 Å². The average Bonchev–Trinajstić information content (AvgIpc) is 2.67. The molecule has 0 bridgehead atoms. The summed E-state index contributed by atoms with van der Waals surface area (Å²) in [6, 6.07) is 7.53. The second-order valence-electron chi connectivity index (χ2n) is 7.29. The van der Waals surface area contributed by atoms with Crippen LogP contribution in [0.15, 0.2) is 41.2 Å². The standard InChI is InChI=1S/C21H23F3N2O2/c1-14-10-11-18(19(27)25-13-15-6-3-2-4-7-15)20(28)26(14)17-9-5-8-16(12-17)21(22,23)24/h5,8-12,15H,2-4,6-7,13H2,1H3,(H,25,27). The normalized spacial score (nSPS) is 15.4. The third-order valence-corrected chi connectivity index (χ3v) is 5.23. The number of aromatic nitrogens is 1. The monoisotopic (exact) mass is 392 g/mol. The summed E-state index contributed by atoms with van der Waals surface area (Å²) in [6.45, 7) is 2.13. The number of aryl methyl sites for hydroxylation is 1. The molecule has 0 spiro atoms. The van der Waals surface area contributed by atoms with Gasteiger partial charge in [-0.25, -0.2) is 0 Å². The fourth-order valence-electron chi connectivity index (χ4n) is 3.67. The van der Waals surface area contributed by atoms with Crippen LogP contribution in [0.3, 0.4) is 0 Å². The second kappa shape index (κ2) is 8.20. The van der Waals surface area contributed by atoms with Crippen LogP contribution < -0.4 is 10.9 Å². The van der Waals surface area contributed by atoms with E-state index in [2.05, 4.69) is 5.32 Å². The third-order valence-electron chi connectivity index (χ3n) is 5.23. The Morgan fingerprint density at radius 1 is 1.14 bits per heavy atom. The number of alkyl halides is 3. The number of hydrogen-bond acceptors (Lipinski definition) is 2. The van der Waals surface area contributed by atoms with Crippen molar-refractivity contribution in [1.82, 2.24) is 9.88 Å². The molecule has 0 atom stereocenters. The van der Waals surface area contributed by atoms with Crippen LogP contribution in [-0.4, -0.2) is 17.0 Å². The maximum absolute atomic E-state index is 13.0. The minimum atomic E-state index is -4.51. The lowest BCUT2D eigenvalue weighted by Gasteiger charge is -2.21. The highest BCUT2D eigenvalue weighted by molar-refractivity contribution is 5.93. The third kappa shape index (κ3) is 4.46. The Kier molecular flexibility index (Phi) is 5.91. The smallest absolute Gasteiger partial charge is 0.352 e. The molecule has 1 fully saturated rings. The maximum atomic E-state index is 13.0. The highest BCUT2D eigenvalue weighted by Gasteiger charge is 2.30. The fraction of sp³-hybridized carbons (Fsp3) is 0.429. The number of benzene rings is 1. The van der Waals surface area contributed by atoms with Gasteiger partial charge in [0.25, 0.3) is 11.5 Å². The van der Waals surface area contributed by atoms with Gasteiger partial charge in [0.1, 0.15) is 5.56 Å². The number of nitrogens with one attached hydrogen (secondary N) is 1. The van der Waals surface area contributed by atoms with Gasteiger partial charge in [-0.15, -0.1) is 0 Å². The Labute approximate surface area is 161 Å². The summed E-state index contributed by atoms with van der Waals surface area (Å²) < 4.78 is 40.2. The molecule has 2 aromatic rings. The predicted molar refractivity (Wildman–Crippen MR) is 101 cm³/mol. The molecule has 1 N–H and O–H groups in total. The zero-order chi connectivity index (χ0) is 20.3. The minimum absolute atomic E-state index is 0.0705. The Balaban J connectivity index is 1.88. The van der Waals surface area contributed by atoms with E-state index in [0.717, 1.165) is 42.4 Å².